The maximum absolute atomic E-state index is 11.5. The van der Waals surface area contributed by atoms with Crippen LogP contribution in [0.5, 0.6) is 0 Å². The summed E-state index contributed by atoms with van der Waals surface area (Å²) in [5.41, 5.74) is 2.78. The number of rotatable bonds is 2. The fourth-order valence-corrected chi connectivity index (χ4v) is 1.82. The van der Waals surface area contributed by atoms with Crippen molar-refractivity contribution in [2.45, 2.75) is 26.4 Å². The maximum atomic E-state index is 11.5. The Labute approximate surface area is 118 Å². The van der Waals surface area contributed by atoms with E-state index in [2.05, 4.69) is 10.5 Å². The highest BCUT2D eigenvalue weighted by Gasteiger charge is 2.15. The molecule has 0 aliphatic rings. The van der Waals surface area contributed by atoms with Gasteiger partial charge in [0.25, 0.3) is 0 Å². The molecule has 0 aromatic heterocycles. The third kappa shape index (κ3) is 3.82. The summed E-state index contributed by atoms with van der Waals surface area (Å²) in [5.74, 6) is 0. The van der Waals surface area contributed by atoms with Crippen LogP contribution in [0.1, 0.15) is 26.3 Å². The number of carbonyl (C=O) groups excluding carboxylic acids is 1. The van der Waals surface area contributed by atoms with Crippen LogP contribution in [0.15, 0.2) is 47.6 Å². The van der Waals surface area contributed by atoms with Crippen molar-refractivity contribution in [3.8, 4) is 0 Å². The number of nitrogens with one attached hydrogen (secondary N) is 1. The highest BCUT2D eigenvalue weighted by Crippen LogP contribution is 2.16. The molecule has 0 saturated carbocycles. The van der Waals surface area contributed by atoms with Crippen LogP contribution in [0.25, 0.3) is 10.8 Å². The third-order valence-corrected chi connectivity index (χ3v) is 2.58. The van der Waals surface area contributed by atoms with Gasteiger partial charge < -0.3 is 4.74 Å². The summed E-state index contributed by atoms with van der Waals surface area (Å²) in [4.78, 5) is 11.5. The number of benzene rings is 2. The van der Waals surface area contributed by atoms with Crippen molar-refractivity contribution in [3.63, 3.8) is 0 Å². The average molecular weight is 270 g/mol. The van der Waals surface area contributed by atoms with Gasteiger partial charge in [-0.2, -0.15) is 5.10 Å². The molecule has 0 spiro atoms. The minimum absolute atomic E-state index is 0.529. The number of hydrazone groups is 1. The van der Waals surface area contributed by atoms with E-state index < -0.39 is 11.7 Å². The van der Waals surface area contributed by atoms with Crippen LogP contribution in [-0.4, -0.2) is 17.9 Å². The predicted octanol–water partition coefficient (Wildman–Crippen LogP) is 3.70. The Bertz CT molecular complexity index is 637. The van der Waals surface area contributed by atoms with Gasteiger partial charge in [-0.15, -0.1) is 0 Å². The van der Waals surface area contributed by atoms with E-state index in [-0.39, 0.29) is 0 Å². The highest BCUT2D eigenvalue weighted by molar-refractivity contribution is 5.99. The van der Waals surface area contributed by atoms with E-state index in [1.165, 1.54) is 0 Å². The van der Waals surface area contributed by atoms with Crippen molar-refractivity contribution >= 4 is 23.1 Å². The standard InChI is InChI=1S/C16H18N2O2/c1-16(2,3)20-15(19)18-17-11-13-9-6-8-12-7-4-5-10-14(12)13/h4-11H,1-3H3,(H,18,19). The molecule has 1 amide bonds. The van der Waals surface area contributed by atoms with E-state index in [1.807, 2.05) is 42.5 Å². The second-order valence-electron chi connectivity index (χ2n) is 5.44. The molecule has 4 nitrogen and oxygen atoms in total. The first kappa shape index (κ1) is 14.1. The molecule has 104 valence electrons. The molecular formula is C16H18N2O2. The minimum Gasteiger partial charge on any atom is -0.443 e. The molecule has 2 aromatic rings. The molecule has 0 aliphatic heterocycles. The highest BCUT2D eigenvalue weighted by atomic mass is 16.6. The Morgan fingerprint density at radius 1 is 1.15 bits per heavy atom. The van der Waals surface area contributed by atoms with Gasteiger partial charge in [0.05, 0.1) is 6.21 Å². The lowest BCUT2D eigenvalue weighted by molar-refractivity contribution is 0.0529. The van der Waals surface area contributed by atoms with Crippen LogP contribution in [0.3, 0.4) is 0 Å². The van der Waals surface area contributed by atoms with Gasteiger partial charge in [0, 0.05) is 5.56 Å². The van der Waals surface area contributed by atoms with Gasteiger partial charge in [-0.3, -0.25) is 0 Å². The van der Waals surface area contributed by atoms with E-state index >= 15 is 0 Å². The quantitative estimate of drug-likeness (QED) is 0.668. The first-order chi connectivity index (χ1) is 9.46. The number of ether oxygens (including phenoxy) is 1. The summed E-state index contributed by atoms with van der Waals surface area (Å²) >= 11 is 0. The zero-order chi connectivity index (χ0) is 14.6. The summed E-state index contributed by atoms with van der Waals surface area (Å²) in [6.07, 6.45) is 1.06. The van der Waals surface area contributed by atoms with Gasteiger partial charge in [-0.1, -0.05) is 42.5 Å². The van der Waals surface area contributed by atoms with Crippen LogP contribution in [0, 0.1) is 0 Å². The zero-order valence-corrected chi connectivity index (χ0v) is 11.9. The Morgan fingerprint density at radius 3 is 2.60 bits per heavy atom. The van der Waals surface area contributed by atoms with Crippen LogP contribution < -0.4 is 5.43 Å². The van der Waals surface area contributed by atoms with Crippen LogP contribution >= 0.6 is 0 Å². The van der Waals surface area contributed by atoms with Gasteiger partial charge in [-0.25, -0.2) is 10.2 Å². The van der Waals surface area contributed by atoms with Crippen molar-refractivity contribution in [2.24, 2.45) is 5.10 Å². The smallest absolute Gasteiger partial charge is 0.428 e. The van der Waals surface area contributed by atoms with Gasteiger partial charge in [0.2, 0.25) is 0 Å². The number of carbonyl (C=O) groups is 1. The molecule has 2 aromatic carbocycles. The van der Waals surface area contributed by atoms with Gasteiger partial charge in [0.1, 0.15) is 5.60 Å². The van der Waals surface area contributed by atoms with Gasteiger partial charge >= 0.3 is 6.09 Å². The molecule has 4 heteroatoms. The molecule has 0 bridgehead atoms. The molecule has 0 atom stereocenters. The minimum atomic E-state index is -0.561. The Hall–Kier alpha value is -2.36. The van der Waals surface area contributed by atoms with Gasteiger partial charge in [0.15, 0.2) is 0 Å². The fourth-order valence-electron chi connectivity index (χ4n) is 1.82. The SMILES string of the molecule is CC(C)(C)OC(=O)NN=Cc1cccc2ccccc12. The van der Waals surface area contributed by atoms with Crippen LogP contribution in [0.4, 0.5) is 4.79 Å². The normalized spacial score (nSPS) is 11.8. The maximum Gasteiger partial charge on any atom is 0.428 e. The Kier molecular flexibility index (Phi) is 4.03. The summed E-state index contributed by atoms with van der Waals surface area (Å²) in [7, 11) is 0. The molecular weight excluding hydrogens is 252 g/mol. The molecule has 1 N–H and O–H groups in total. The number of hydrogen-bond donors (Lipinski definition) is 1. The predicted molar refractivity (Wildman–Crippen MR) is 80.9 cm³/mol. The largest absolute Gasteiger partial charge is 0.443 e. The topological polar surface area (TPSA) is 50.7 Å². The van der Waals surface area contributed by atoms with Crippen LogP contribution in [0.2, 0.25) is 0 Å². The van der Waals surface area contributed by atoms with E-state index in [4.69, 9.17) is 4.74 Å². The second-order valence-corrected chi connectivity index (χ2v) is 5.44. The first-order valence-corrected chi connectivity index (χ1v) is 6.45. The summed E-state index contributed by atoms with van der Waals surface area (Å²) < 4.78 is 5.10. The fraction of sp³-hybridized carbons (Fsp3) is 0.250. The molecule has 2 rings (SSSR count). The molecule has 0 aliphatic carbocycles. The zero-order valence-electron chi connectivity index (χ0n) is 11.9. The summed E-state index contributed by atoms with van der Waals surface area (Å²) in [6, 6.07) is 14.0. The number of amides is 1. The van der Waals surface area contributed by atoms with Crippen LogP contribution in [-0.2, 0) is 4.74 Å². The van der Waals surface area contributed by atoms with E-state index in [9.17, 15) is 4.79 Å². The second kappa shape index (κ2) is 5.74. The Morgan fingerprint density at radius 2 is 1.85 bits per heavy atom. The summed E-state index contributed by atoms with van der Waals surface area (Å²) in [5, 5.41) is 6.15. The molecule has 0 heterocycles. The van der Waals surface area contributed by atoms with E-state index in [0.717, 1.165) is 16.3 Å². The van der Waals surface area contributed by atoms with Crippen molar-refractivity contribution in [3.05, 3.63) is 48.0 Å². The molecule has 20 heavy (non-hydrogen) atoms. The number of hydrogen-bond acceptors (Lipinski definition) is 3. The first-order valence-electron chi connectivity index (χ1n) is 6.45. The lowest BCUT2D eigenvalue weighted by atomic mass is 10.1. The monoisotopic (exact) mass is 270 g/mol. The lowest BCUT2D eigenvalue weighted by Crippen LogP contribution is -2.29. The van der Waals surface area contributed by atoms with Crippen molar-refractivity contribution in [2.75, 3.05) is 0 Å². The molecule has 0 saturated heterocycles. The number of nitrogens with zero attached hydrogens (tertiary/aromatic N) is 1. The molecule has 0 unspecified atom stereocenters. The van der Waals surface area contributed by atoms with E-state index in [1.54, 1.807) is 27.0 Å². The third-order valence-electron chi connectivity index (χ3n) is 2.58. The Balaban J connectivity index is 2.09. The average Bonchev–Trinajstić information content (AvgIpc) is 2.37. The van der Waals surface area contributed by atoms with Crippen molar-refractivity contribution < 1.29 is 9.53 Å². The number of fused-ring (bicyclic) bond motifs is 1. The van der Waals surface area contributed by atoms with Crippen molar-refractivity contribution in [1.82, 2.24) is 5.43 Å². The lowest BCUT2D eigenvalue weighted by Gasteiger charge is -2.18. The van der Waals surface area contributed by atoms with Gasteiger partial charge in [-0.05, 0) is 31.5 Å². The molecule has 0 fully saturated rings. The molecule has 0 radical (unpaired) electrons. The summed E-state index contributed by atoms with van der Waals surface area (Å²) in [6.45, 7) is 5.42. The van der Waals surface area contributed by atoms with E-state index in [0.29, 0.717) is 0 Å². The van der Waals surface area contributed by atoms with Crippen molar-refractivity contribution in [1.29, 1.82) is 0 Å².